The van der Waals surface area contributed by atoms with Crippen molar-refractivity contribution in [1.82, 2.24) is 20.5 Å². The maximum Gasteiger partial charge on any atom is 0.214 e. The molecule has 2 aromatic rings. The van der Waals surface area contributed by atoms with E-state index in [1.54, 1.807) is 0 Å². The molecular formula is C23H36IN5O. The lowest BCUT2D eigenvalue weighted by atomic mass is 10.0. The second-order valence-electron chi connectivity index (χ2n) is 7.93. The summed E-state index contributed by atoms with van der Waals surface area (Å²) < 4.78 is 5.63. The van der Waals surface area contributed by atoms with Crippen molar-refractivity contribution >= 4 is 29.9 Å². The molecule has 6 nitrogen and oxygen atoms in total. The highest BCUT2D eigenvalue weighted by Gasteiger charge is 2.17. The summed E-state index contributed by atoms with van der Waals surface area (Å²) in [6.07, 6.45) is 4.01. The monoisotopic (exact) mass is 525 g/mol. The van der Waals surface area contributed by atoms with Crippen molar-refractivity contribution in [2.24, 2.45) is 4.99 Å². The Bertz CT molecular complexity index is 783. The standard InChI is InChI=1S/C23H35N5O.HI/c1-5-24-23(26-15-22-27-18(3)19(4)29-22)25-14-20-9-11-21(12-10-20)16-28-13-7-6-8-17(28)2;/h9-12,17H,5-8,13-16H2,1-4H3,(H2,24,25,26);1H. The summed E-state index contributed by atoms with van der Waals surface area (Å²) in [6.45, 7) is 12.5. The Morgan fingerprint density at radius 3 is 2.53 bits per heavy atom. The predicted molar refractivity (Wildman–Crippen MR) is 133 cm³/mol. The van der Waals surface area contributed by atoms with E-state index in [0.29, 0.717) is 25.0 Å². The van der Waals surface area contributed by atoms with Gasteiger partial charge in [-0.1, -0.05) is 30.7 Å². The van der Waals surface area contributed by atoms with E-state index in [0.717, 1.165) is 30.5 Å². The van der Waals surface area contributed by atoms with Crippen LogP contribution in [0.15, 0.2) is 33.7 Å². The Hall–Kier alpha value is -1.61. The van der Waals surface area contributed by atoms with Crippen LogP contribution in [0.4, 0.5) is 0 Å². The minimum Gasteiger partial charge on any atom is -0.444 e. The highest BCUT2D eigenvalue weighted by Crippen LogP contribution is 2.19. The van der Waals surface area contributed by atoms with E-state index in [9.17, 15) is 0 Å². The number of hydrogen-bond acceptors (Lipinski definition) is 4. The average molecular weight is 525 g/mol. The molecule has 1 aromatic carbocycles. The van der Waals surface area contributed by atoms with Crippen LogP contribution in [0.25, 0.3) is 0 Å². The third-order valence-electron chi connectivity index (χ3n) is 5.59. The van der Waals surface area contributed by atoms with E-state index >= 15 is 0 Å². The molecule has 0 radical (unpaired) electrons. The van der Waals surface area contributed by atoms with Crippen LogP contribution >= 0.6 is 24.0 Å². The lowest BCUT2D eigenvalue weighted by Crippen LogP contribution is -2.37. The van der Waals surface area contributed by atoms with E-state index in [4.69, 9.17) is 9.41 Å². The van der Waals surface area contributed by atoms with Crippen molar-refractivity contribution in [3.63, 3.8) is 0 Å². The van der Waals surface area contributed by atoms with Gasteiger partial charge in [-0.05, 0) is 58.2 Å². The maximum atomic E-state index is 5.63. The van der Waals surface area contributed by atoms with Gasteiger partial charge in [0.05, 0.1) is 18.8 Å². The molecule has 30 heavy (non-hydrogen) atoms. The van der Waals surface area contributed by atoms with Crippen molar-refractivity contribution in [2.75, 3.05) is 13.1 Å². The summed E-state index contributed by atoms with van der Waals surface area (Å²) in [5.74, 6) is 2.32. The van der Waals surface area contributed by atoms with Crippen LogP contribution in [0.5, 0.6) is 0 Å². The molecule has 166 valence electrons. The van der Waals surface area contributed by atoms with Gasteiger partial charge in [-0.15, -0.1) is 24.0 Å². The molecule has 0 saturated carbocycles. The number of benzene rings is 1. The summed E-state index contributed by atoms with van der Waals surface area (Å²) in [6, 6.07) is 9.56. The number of aryl methyl sites for hydroxylation is 2. The van der Waals surface area contributed by atoms with Gasteiger partial charge in [-0.25, -0.2) is 9.98 Å². The first-order chi connectivity index (χ1) is 14.0. The van der Waals surface area contributed by atoms with E-state index in [1.807, 2.05) is 13.8 Å². The van der Waals surface area contributed by atoms with Crippen molar-refractivity contribution in [3.05, 3.63) is 52.7 Å². The number of hydrogen-bond donors (Lipinski definition) is 2. The van der Waals surface area contributed by atoms with Crippen molar-refractivity contribution in [3.8, 4) is 0 Å². The van der Waals surface area contributed by atoms with Gasteiger partial charge in [0.15, 0.2) is 5.96 Å². The molecule has 0 spiro atoms. The van der Waals surface area contributed by atoms with Crippen LogP contribution in [0, 0.1) is 13.8 Å². The third-order valence-corrected chi connectivity index (χ3v) is 5.59. The highest BCUT2D eigenvalue weighted by atomic mass is 127. The van der Waals surface area contributed by atoms with Gasteiger partial charge in [-0.2, -0.15) is 0 Å². The Morgan fingerprint density at radius 2 is 1.90 bits per heavy atom. The zero-order valence-corrected chi connectivity index (χ0v) is 21.0. The lowest BCUT2D eigenvalue weighted by Gasteiger charge is -2.33. The number of nitrogens with one attached hydrogen (secondary N) is 2. The van der Waals surface area contributed by atoms with Gasteiger partial charge >= 0.3 is 0 Å². The molecule has 2 heterocycles. The molecular weight excluding hydrogens is 489 g/mol. The van der Waals surface area contributed by atoms with Crippen molar-refractivity contribution in [1.29, 1.82) is 0 Å². The SMILES string of the molecule is CCNC(=NCc1ccc(CN2CCCCC2C)cc1)NCc1nc(C)c(C)o1.I. The first-order valence-corrected chi connectivity index (χ1v) is 10.8. The van der Waals surface area contributed by atoms with Crippen LogP contribution < -0.4 is 10.6 Å². The van der Waals surface area contributed by atoms with Gasteiger partial charge in [0.25, 0.3) is 0 Å². The zero-order chi connectivity index (χ0) is 20.6. The first-order valence-electron chi connectivity index (χ1n) is 10.8. The molecule has 7 heteroatoms. The molecule has 1 aliphatic heterocycles. The van der Waals surface area contributed by atoms with Crippen LogP contribution in [0.3, 0.4) is 0 Å². The van der Waals surface area contributed by atoms with Gasteiger partial charge < -0.3 is 15.1 Å². The van der Waals surface area contributed by atoms with Crippen molar-refractivity contribution < 1.29 is 4.42 Å². The Morgan fingerprint density at radius 1 is 1.17 bits per heavy atom. The quantitative estimate of drug-likeness (QED) is 0.316. The maximum absolute atomic E-state index is 5.63. The number of rotatable bonds is 7. The number of guanidine groups is 1. The molecule has 1 aliphatic rings. The van der Waals surface area contributed by atoms with Crippen LogP contribution in [0.2, 0.25) is 0 Å². The van der Waals surface area contributed by atoms with Crippen LogP contribution in [-0.2, 0) is 19.6 Å². The number of piperidine rings is 1. The fourth-order valence-corrected chi connectivity index (χ4v) is 3.66. The number of nitrogens with zero attached hydrogens (tertiary/aromatic N) is 3. The summed E-state index contributed by atoms with van der Waals surface area (Å²) in [5.41, 5.74) is 3.52. The molecule has 1 atom stereocenters. The van der Waals surface area contributed by atoms with E-state index < -0.39 is 0 Å². The molecule has 1 saturated heterocycles. The topological polar surface area (TPSA) is 65.7 Å². The molecule has 0 aliphatic carbocycles. The lowest BCUT2D eigenvalue weighted by molar-refractivity contribution is 0.152. The molecule has 0 amide bonds. The molecule has 1 aromatic heterocycles. The number of halogens is 1. The molecule has 1 unspecified atom stereocenters. The molecule has 0 bridgehead atoms. The number of likely N-dealkylation sites (tertiary alicyclic amines) is 1. The average Bonchev–Trinajstić information content (AvgIpc) is 3.04. The minimum atomic E-state index is 0. The number of aromatic nitrogens is 1. The van der Waals surface area contributed by atoms with Gasteiger partial charge in [0.2, 0.25) is 5.89 Å². The largest absolute Gasteiger partial charge is 0.444 e. The fourth-order valence-electron chi connectivity index (χ4n) is 3.66. The van der Waals surface area contributed by atoms with E-state index in [-0.39, 0.29) is 24.0 Å². The molecule has 2 N–H and O–H groups in total. The summed E-state index contributed by atoms with van der Waals surface area (Å²) in [4.78, 5) is 11.7. The zero-order valence-electron chi connectivity index (χ0n) is 18.7. The number of oxazole rings is 1. The van der Waals surface area contributed by atoms with E-state index in [1.165, 1.54) is 36.9 Å². The predicted octanol–water partition coefficient (Wildman–Crippen LogP) is 4.54. The summed E-state index contributed by atoms with van der Waals surface area (Å²) in [5, 5.41) is 6.57. The Balaban J connectivity index is 0.00000320. The Kier molecular flexibility index (Phi) is 10.1. The summed E-state index contributed by atoms with van der Waals surface area (Å²) >= 11 is 0. The second-order valence-corrected chi connectivity index (χ2v) is 7.93. The minimum absolute atomic E-state index is 0. The first kappa shape index (κ1) is 24.7. The molecule has 1 fully saturated rings. The molecule has 3 rings (SSSR count). The smallest absolute Gasteiger partial charge is 0.214 e. The van der Waals surface area contributed by atoms with E-state index in [2.05, 4.69) is 58.6 Å². The highest BCUT2D eigenvalue weighted by molar-refractivity contribution is 14.0. The van der Waals surface area contributed by atoms with Gasteiger partial charge in [0, 0.05) is 19.1 Å². The fraction of sp³-hybridized carbons (Fsp3) is 0.565. The normalized spacial score (nSPS) is 17.5. The van der Waals surface area contributed by atoms with Crippen LogP contribution in [-0.4, -0.2) is 35.0 Å². The third kappa shape index (κ3) is 7.27. The van der Waals surface area contributed by atoms with Crippen LogP contribution in [0.1, 0.15) is 61.6 Å². The van der Waals surface area contributed by atoms with Gasteiger partial charge in [0.1, 0.15) is 5.76 Å². The van der Waals surface area contributed by atoms with Gasteiger partial charge in [-0.3, -0.25) is 4.90 Å². The number of aliphatic imine (C=N–C) groups is 1. The summed E-state index contributed by atoms with van der Waals surface area (Å²) in [7, 11) is 0. The Labute approximate surface area is 198 Å². The second kappa shape index (κ2) is 12.3. The van der Waals surface area contributed by atoms with Crippen molar-refractivity contribution in [2.45, 2.75) is 72.6 Å².